The highest BCUT2D eigenvalue weighted by molar-refractivity contribution is 5.75. The number of rotatable bonds is 11. The Kier molecular flexibility index (Phi) is 9.75. The van der Waals surface area contributed by atoms with Crippen LogP contribution in [0.15, 0.2) is 24.3 Å². The molecule has 0 N–H and O–H groups in total. The second kappa shape index (κ2) is 11.3. The highest BCUT2D eigenvalue weighted by atomic mass is 16.6. The molecule has 0 saturated heterocycles. The monoisotopic (exact) mass is 362 g/mol. The maximum Gasteiger partial charge on any atom is 0.347 e. The molecule has 3 heteroatoms. The number of ether oxygens (including phenoxy) is 2. The molecule has 1 rings (SSSR count). The summed E-state index contributed by atoms with van der Waals surface area (Å²) in [6.07, 6.45) is 8.09. The fourth-order valence-electron chi connectivity index (χ4n) is 2.91. The Labute approximate surface area is 160 Å². The number of hydrogen-bond donors (Lipinski definition) is 0. The van der Waals surface area contributed by atoms with Crippen LogP contribution in [0.4, 0.5) is 0 Å². The molecule has 0 aliphatic rings. The van der Waals surface area contributed by atoms with Crippen LogP contribution in [0.25, 0.3) is 0 Å². The summed E-state index contributed by atoms with van der Waals surface area (Å²) in [5.41, 5.74) is 0.671. The lowest BCUT2D eigenvalue weighted by Gasteiger charge is -2.23. The molecule has 1 aromatic carbocycles. The van der Waals surface area contributed by atoms with Crippen LogP contribution in [0.5, 0.6) is 5.75 Å². The number of carbonyl (C=O) groups excluding carboxylic acids is 1. The topological polar surface area (TPSA) is 35.5 Å². The standard InChI is InChI=1S/C23H38O3/c1-7-8-9-10-13-18(2)16-17-20-14-11-12-15-21(20)25-19(3)22(24)26-23(4,5)6/h11-12,14-15,18-19H,7-10,13,16-17H2,1-6H3/t18?,19-/m0/s1. The van der Waals surface area contributed by atoms with E-state index in [2.05, 4.69) is 19.9 Å². The van der Waals surface area contributed by atoms with Crippen molar-refractivity contribution in [1.29, 1.82) is 0 Å². The number of unbranched alkanes of at least 4 members (excludes halogenated alkanes) is 3. The van der Waals surface area contributed by atoms with Gasteiger partial charge < -0.3 is 9.47 Å². The Morgan fingerprint density at radius 2 is 1.73 bits per heavy atom. The van der Waals surface area contributed by atoms with Gasteiger partial charge in [0.1, 0.15) is 11.4 Å². The number of aryl methyl sites for hydroxylation is 1. The summed E-state index contributed by atoms with van der Waals surface area (Å²) >= 11 is 0. The second-order valence-corrected chi connectivity index (χ2v) is 8.39. The molecule has 1 unspecified atom stereocenters. The molecule has 0 spiro atoms. The van der Waals surface area contributed by atoms with Crippen LogP contribution in [-0.4, -0.2) is 17.7 Å². The predicted molar refractivity (Wildman–Crippen MR) is 109 cm³/mol. The third-order valence-corrected chi connectivity index (χ3v) is 4.47. The Morgan fingerprint density at radius 1 is 1.04 bits per heavy atom. The van der Waals surface area contributed by atoms with Gasteiger partial charge in [-0.1, -0.05) is 64.2 Å². The van der Waals surface area contributed by atoms with Gasteiger partial charge >= 0.3 is 5.97 Å². The van der Waals surface area contributed by atoms with Gasteiger partial charge in [-0.2, -0.15) is 0 Å². The van der Waals surface area contributed by atoms with E-state index in [0.717, 1.165) is 18.6 Å². The van der Waals surface area contributed by atoms with E-state index < -0.39 is 11.7 Å². The molecule has 0 heterocycles. The summed E-state index contributed by atoms with van der Waals surface area (Å²) in [4.78, 5) is 12.2. The Hall–Kier alpha value is -1.51. The first-order valence-corrected chi connectivity index (χ1v) is 10.2. The van der Waals surface area contributed by atoms with Crippen molar-refractivity contribution in [3.63, 3.8) is 0 Å². The molecule has 0 radical (unpaired) electrons. The minimum atomic E-state index is -0.609. The van der Waals surface area contributed by atoms with E-state index in [1.807, 2.05) is 39.0 Å². The minimum absolute atomic E-state index is 0.323. The first kappa shape index (κ1) is 22.5. The summed E-state index contributed by atoms with van der Waals surface area (Å²) in [5, 5.41) is 0. The van der Waals surface area contributed by atoms with Crippen LogP contribution in [0.3, 0.4) is 0 Å². The fraction of sp³-hybridized carbons (Fsp3) is 0.696. The van der Waals surface area contributed by atoms with Crippen molar-refractivity contribution in [3.8, 4) is 5.75 Å². The number of esters is 1. The van der Waals surface area contributed by atoms with Crippen molar-refractivity contribution in [2.75, 3.05) is 0 Å². The van der Waals surface area contributed by atoms with Gasteiger partial charge in [0.25, 0.3) is 0 Å². The van der Waals surface area contributed by atoms with Crippen LogP contribution >= 0.6 is 0 Å². The molecule has 2 atom stereocenters. The Bertz CT molecular complexity index is 530. The van der Waals surface area contributed by atoms with E-state index >= 15 is 0 Å². The van der Waals surface area contributed by atoms with Crippen molar-refractivity contribution < 1.29 is 14.3 Å². The molecule has 3 nitrogen and oxygen atoms in total. The highest BCUT2D eigenvalue weighted by Crippen LogP contribution is 2.24. The van der Waals surface area contributed by atoms with Crippen LogP contribution in [0.2, 0.25) is 0 Å². The van der Waals surface area contributed by atoms with Gasteiger partial charge in [0.2, 0.25) is 0 Å². The van der Waals surface area contributed by atoms with Gasteiger partial charge in [-0.15, -0.1) is 0 Å². The van der Waals surface area contributed by atoms with E-state index in [1.165, 1.54) is 37.7 Å². The molecule has 0 fully saturated rings. The average molecular weight is 363 g/mol. The molecule has 26 heavy (non-hydrogen) atoms. The first-order chi connectivity index (χ1) is 12.2. The SMILES string of the molecule is CCCCCCC(C)CCc1ccccc1O[C@@H](C)C(=O)OC(C)(C)C. The summed E-state index contributed by atoms with van der Waals surface area (Å²) in [6, 6.07) is 8.03. The zero-order valence-electron chi connectivity index (χ0n) is 17.6. The molecule has 0 amide bonds. The van der Waals surface area contributed by atoms with E-state index in [4.69, 9.17) is 9.47 Å². The van der Waals surface area contributed by atoms with Gasteiger partial charge in [-0.05, 0) is 58.1 Å². The van der Waals surface area contributed by atoms with Crippen LogP contribution in [0, 0.1) is 5.92 Å². The van der Waals surface area contributed by atoms with Crippen molar-refractivity contribution in [2.45, 2.75) is 98.2 Å². The molecular weight excluding hydrogens is 324 g/mol. The van der Waals surface area contributed by atoms with Gasteiger partial charge in [-0.3, -0.25) is 0 Å². The van der Waals surface area contributed by atoms with E-state index in [0.29, 0.717) is 5.92 Å². The molecule has 0 saturated carbocycles. The normalized spacial score (nSPS) is 13.9. The largest absolute Gasteiger partial charge is 0.479 e. The predicted octanol–water partition coefficient (Wildman–Crippen LogP) is 6.33. The first-order valence-electron chi connectivity index (χ1n) is 10.2. The van der Waals surface area contributed by atoms with E-state index in [1.54, 1.807) is 6.92 Å². The van der Waals surface area contributed by atoms with Crippen molar-refractivity contribution in [3.05, 3.63) is 29.8 Å². The lowest BCUT2D eigenvalue weighted by molar-refractivity contribution is -0.162. The zero-order chi connectivity index (χ0) is 19.6. The van der Waals surface area contributed by atoms with Crippen LogP contribution in [-0.2, 0) is 16.0 Å². The van der Waals surface area contributed by atoms with Crippen LogP contribution < -0.4 is 4.74 Å². The second-order valence-electron chi connectivity index (χ2n) is 8.39. The van der Waals surface area contributed by atoms with Gasteiger partial charge in [0.15, 0.2) is 6.10 Å². The number of para-hydroxylation sites is 1. The average Bonchev–Trinajstić information content (AvgIpc) is 2.56. The lowest BCUT2D eigenvalue weighted by atomic mass is 9.95. The van der Waals surface area contributed by atoms with Crippen molar-refractivity contribution in [2.24, 2.45) is 5.92 Å². The maximum atomic E-state index is 12.2. The fourth-order valence-corrected chi connectivity index (χ4v) is 2.91. The molecule has 1 aromatic rings. The van der Waals surface area contributed by atoms with Crippen molar-refractivity contribution in [1.82, 2.24) is 0 Å². The Morgan fingerprint density at radius 3 is 2.38 bits per heavy atom. The summed E-state index contributed by atoms with van der Waals surface area (Å²) < 4.78 is 11.3. The van der Waals surface area contributed by atoms with Crippen molar-refractivity contribution >= 4 is 5.97 Å². The zero-order valence-corrected chi connectivity index (χ0v) is 17.6. The third-order valence-electron chi connectivity index (χ3n) is 4.47. The number of carbonyl (C=O) groups is 1. The van der Waals surface area contributed by atoms with Gasteiger partial charge in [-0.25, -0.2) is 4.79 Å². The number of hydrogen-bond acceptors (Lipinski definition) is 3. The molecular formula is C23H38O3. The van der Waals surface area contributed by atoms with Gasteiger partial charge in [0.05, 0.1) is 0 Å². The number of benzene rings is 1. The summed E-state index contributed by atoms with van der Waals surface area (Å²) in [6.45, 7) is 11.9. The molecule has 0 bridgehead atoms. The molecule has 0 aromatic heterocycles. The lowest BCUT2D eigenvalue weighted by Crippen LogP contribution is -2.33. The summed E-state index contributed by atoms with van der Waals surface area (Å²) in [5.74, 6) is 1.18. The van der Waals surface area contributed by atoms with Gasteiger partial charge in [0, 0.05) is 0 Å². The molecule has 0 aliphatic carbocycles. The molecule has 148 valence electrons. The summed E-state index contributed by atoms with van der Waals surface area (Å²) in [7, 11) is 0. The smallest absolute Gasteiger partial charge is 0.347 e. The van der Waals surface area contributed by atoms with E-state index in [-0.39, 0.29) is 5.97 Å². The third kappa shape index (κ3) is 9.26. The minimum Gasteiger partial charge on any atom is -0.479 e. The quantitative estimate of drug-likeness (QED) is 0.340. The maximum absolute atomic E-state index is 12.2. The van der Waals surface area contributed by atoms with Crippen LogP contribution in [0.1, 0.15) is 85.6 Å². The molecule has 0 aliphatic heterocycles. The van der Waals surface area contributed by atoms with E-state index in [9.17, 15) is 4.79 Å². The Balaban J connectivity index is 2.55. The highest BCUT2D eigenvalue weighted by Gasteiger charge is 2.23.